The number of guanidine groups is 1. The molecule has 2 rings (SSSR count). The Balaban J connectivity index is 1.80. The van der Waals surface area contributed by atoms with Gasteiger partial charge in [0, 0.05) is 39.4 Å². The summed E-state index contributed by atoms with van der Waals surface area (Å²) < 4.78 is 5.02. The number of rotatable bonds is 5. The summed E-state index contributed by atoms with van der Waals surface area (Å²) in [7, 11) is 3.90. The van der Waals surface area contributed by atoms with E-state index in [0.717, 1.165) is 24.2 Å². The molecular weight excluding hydrogens is 320 g/mol. The van der Waals surface area contributed by atoms with Crippen LogP contribution in [0.5, 0.6) is 0 Å². The predicted molar refractivity (Wildman–Crippen MR) is 98.6 cm³/mol. The smallest absolute Gasteiger partial charge is 0.409 e. The van der Waals surface area contributed by atoms with E-state index in [1.54, 1.807) is 11.1 Å². The zero-order valence-corrected chi connectivity index (χ0v) is 15.2. The Kier molecular flexibility index (Phi) is 6.85. The number of piperidine rings is 1. The Hall–Kier alpha value is -2.51. The van der Waals surface area contributed by atoms with Gasteiger partial charge in [-0.15, -0.1) is 0 Å². The van der Waals surface area contributed by atoms with E-state index in [9.17, 15) is 4.79 Å². The van der Waals surface area contributed by atoms with Gasteiger partial charge in [0.25, 0.3) is 0 Å². The standard InChI is InChI=1S/C17H28N6O2/c1-4-25-17(24)23-9-6-14(7-10-23)21-16(18)20-12-13-5-8-19-15(11-13)22(2)3/h5,8,11,14H,4,6-7,9-10,12H2,1-3H3,(H3,18,20,21). The van der Waals surface area contributed by atoms with Gasteiger partial charge in [-0.05, 0) is 37.5 Å². The van der Waals surface area contributed by atoms with E-state index in [-0.39, 0.29) is 12.1 Å². The highest BCUT2D eigenvalue weighted by atomic mass is 16.6. The first-order valence-electron chi connectivity index (χ1n) is 8.60. The molecule has 0 bridgehead atoms. The third-order valence-electron chi connectivity index (χ3n) is 4.07. The van der Waals surface area contributed by atoms with Crippen molar-refractivity contribution < 1.29 is 9.53 Å². The summed E-state index contributed by atoms with van der Waals surface area (Å²) in [6.07, 6.45) is 3.19. The summed E-state index contributed by atoms with van der Waals surface area (Å²) in [5.41, 5.74) is 7.06. The molecule has 1 aromatic heterocycles. The number of nitrogens with zero attached hydrogens (tertiary/aromatic N) is 4. The fourth-order valence-corrected chi connectivity index (χ4v) is 2.66. The second-order valence-corrected chi connectivity index (χ2v) is 6.22. The Labute approximate surface area is 149 Å². The molecule has 0 atom stereocenters. The highest BCUT2D eigenvalue weighted by molar-refractivity contribution is 5.78. The number of ether oxygens (including phenoxy) is 1. The van der Waals surface area contributed by atoms with Gasteiger partial charge in [-0.1, -0.05) is 0 Å². The summed E-state index contributed by atoms with van der Waals surface area (Å²) in [6, 6.07) is 4.15. The van der Waals surface area contributed by atoms with Gasteiger partial charge in [0.1, 0.15) is 5.82 Å². The van der Waals surface area contributed by atoms with Crippen molar-refractivity contribution in [3.05, 3.63) is 23.9 Å². The highest BCUT2D eigenvalue weighted by Crippen LogP contribution is 2.12. The normalized spacial score (nSPS) is 15.8. The number of hydrogen-bond acceptors (Lipinski definition) is 5. The summed E-state index contributed by atoms with van der Waals surface area (Å²) in [5.74, 6) is 1.32. The van der Waals surface area contributed by atoms with E-state index >= 15 is 0 Å². The van der Waals surface area contributed by atoms with E-state index in [1.165, 1.54) is 0 Å². The Bertz CT molecular complexity index is 597. The monoisotopic (exact) mass is 348 g/mol. The van der Waals surface area contributed by atoms with Crippen molar-refractivity contribution in [2.24, 2.45) is 10.7 Å². The van der Waals surface area contributed by atoms with Gasteiger partial charge < -0.3 is 25.6 Å². The Morgan fingerprint density at radius 1 is 1.48 bits per heavy atom. The van der Waals surface area contributed by atoms with Crippen LogP contribution in [-0.2, 0) is 11.3 Å². The quantitative estimate of drug-likeness (QED) is 0.613. The molecule has 1 aliphatic rings. The number of amides is 1. The minimum atomic E-state index is -0.239. The van der Waals surface area contributed by atoms with E-state index in [0.29, 0.717) is 32.2 Å². The van der Waals surface area contributed by atoms with E-state index < -0.39 is 0 Å². The number of likely N-dealkylation sites (tertiary alicyclic amines) is 1. The van der Waals surface area contributed by atoms with E-state index in [4.69, 9.17) is 10.5 Å². The fraction of sp³-hybridized carbons (Fsp3) is 0.588. The van der Waals surface area contributed by atoms with Crippen molar-refractivity contribution in [3.63, 3.8) is 0 Å². The number of aromatic nitrogens is 1. The van der Waals surface area contributed by atoms with Crippen LogP contribution in [0.15, 0.2) is 23.3 Å². The van der Waals surface area contributed by atoms with Gasteiger partial charge >= 0.3 is 6.09 Å². The first-order valence-corrected chi connectivity index (χ1v) is 8.60. The van der Waals surface area contributed by atoms with Gasteiger partial charge in [0.05, 0.1) is 13.2 Å². The number of carbonyl (C=O) groups excluding carboxylic acids is 1. The molecule has 138 valence electrons. The largest absolute Gasteiger partial charge is 0.450 e. The van der Waals surface area contributed by atoms with Gasteiger partial charge in [-0.2, -0.15) is 0 Å². The van der Waals surface area contributed by atoms with Crippen LogP contribution in [0.1, 0.15) is 25.3 Å². The summed E-state index contributed by atoms with van der Waals surface area (Å²) in [4.78, 5) is 24.1. The first kappa shape index (κ1) is 18.8. The molecule has 8 nitrogen and oxygen atoms in total. The molecule has 2 heterocycles. The molecule has 3 N–H and O–H groups in total. The zero-order chi connectivity index (χ0) is 18.2. The average Bonchev–Trinajstić information content (AvgIpc) is 2.61. The van der Waals surface area contributed by atoms with Crippen LogP contribution in [0.4, 0.5) is 10.6 Å². The first-order chi connectivity index (χ1) is 12.0. The van der Waals surface area contributed by atoms with Crippen LogP contribution in [0.3, 0.4) is 0 Å². The molecule has 0 unspecified atom stereocenters. The predicted octanol–water partition coefficient (Wildman–Crippen LogP) is 1.17. The lowest BCUT2D eigenvalue weighted by atomic mass is 10.1. The molecule has 0 aliphatic carbocycles. The Morgan fingerprint density at radius 3 is 2.84 bits per heavy atom. The van der Waals surface area contributed by atoms with Crippen LogP contribution >= 0.6 is 0 Å². The van der Waals surface area contributed by atoms with Crippen molar-refractivity contribution in [2.75, 3.05) is 38.7 Å². The number of carbonyl (C=O) groups is 1. The van der Waals surface area contributed by atoms with E-state index in [1.807, 2.05) is 38.1 Å². The van der Waals surface area contributed by atoms with Crippen LogP contribution in [0.2, 0.25) is 0 Å². The molecule has 1 aromatic rings. The zero-order valence-electron chi connectivity index (χ0n) is 15.2. The lowest BCUT2D eigenvalue weighted by Gasteiger charge is -2.31. The van der Waals surface area contributed by atoms with Crippen molar-refractivity contribution >= 4 is 17.9 Å². The van der Waals surface area contributed by atoms with Gasteiger partial charge in [0.2, 0.25) is 0 Å². The maximum Gasteiger partial charge on any atom is 0.409 e. The minimum Gasteiger partial charge on any atom is -0.450 e. The van der Waals surface area contributed by atoms with Crippen molar-refractivity contribution in [1.82, 2.24) is 15.2 Å². The number of aliphatic imine (C=N–C) groups is 1. The van der Waals surface area contributed by atoms with Crippen LogP contribution in [0, 0.1) is 0 Å². The number of anilines is 1. The average molecular weight is 348 g/mol. The molecule has 0 radical (unpaired) electrons. The fourth-order valence-electron chi connectivity index (χ4n) is 2.66. The molecule has 0 saturated carbocycles. The maximum atomic E-state index is 11.7. The third-order valence-corrected chi connectivity index (χ3v) is 4.07. The van der Waals surface area contributed by atoms with Crippen LogP contribution in [0.25, 0.3) is 0 Å². The summed E-state index contributed by atoms with van der Waals surface area (Å²) in [6.45, 7) is 4.05. The topological polar surface area (TPSA) is 96.1 Å². The third kappa shape index (κ3) is 5.81. The number of hydrogen-bond donors (Lipinski definition) is 2. The SMILES string of the molecule is CCOC(=O)N1CCC(NC(N)=NCc2ccnc(N(C)C)c2)CC1. The molecule has 25 heavy (non-hydrogen) atoms. The lowest BCUT2D eigenvalue weighted by Crippen LogP contribution is -2.48. The molecule has 0 spiro atoms. The lowest BCUT2D eigenvalue weighted by molar-refractivity contribution is 0.0963. The van der Waals surface area contributed by atoms with Gasteiger partial charge in [-0.3, -0.25) is 0 Å². The van der Waals surface area contributed by atoms with Crippen molar-refractivity contribution in [3.8, 4) is 0 Å². The summed E-state index contributed by atoms with van der Waals surface area (Å²) >= 11 is 0. The highest BCUT2D eigenvalue weighted by Gasteiger charge is 2.23. The van der Waals surface area contributed by atoms with Crippen LogP contribution < -0.4 is 16.0 Å². The van der Waals surface area contributed by atoms with E-state index in [2.05, 4.69) is 15.3 Å². The van der Waals surface area contributed by atoms with Crippen molar-refractivity contribution in [2.45, 2.75) is 32.4 Å². The maximum absolute atomic E-state index is 11.7. The molecule has 0 aromatic carbocycles. The second kappa shape index (κ2) is 9.10. The number of nitrogens with one attached hydrogen (secondary N) is 1. The van der Waals surface area contributed by atoms with Crippen LogP contribution in [-0.4, -0.2) is 61.8 Å². The molecule has 1 aliphatic heterocycles. The van der Waals surface area contributed by atoms with Gasteiger partial charge in [0.15, 0.2) is 5.96 Å². The van der Waals surface area contributed by atoms with Crippen molar-refractivity contribution in [1.29, 1.82) is 0 Å². The number of pyridine rings is 1. The molecular formula is C17H28N6O2. The molecule has 8 heteroatoms. The summed E-state index contributed by atoms with van der Waals surface area (Å²) in [5, 5.41) is 3.24. The number of nitrogens with two attached hydrogens (primary N) is 1. The molecule has 1 saturated heterocycles. The van der Waals surface area contributed by atoms with Gasteiger partial charge in [-0.25, -0.2) is 14.8 Å². The molecule has 1 amide bonds. The molecule has 1 fully saturated rings. The second-order valence-electron chi connectivity index (χ2n) is 6.22. The Morgan fingerprint density at radius 2 is 2.20 bits per heavy atom. The minimum absolute atomic E-state index is 0.226.